The molecule has 0 spiro atoms. The van der Waals surface area contributed by atoms with E-state index in [0.717, 1.165) is 12.8 Å². The lowest BCUT2D eigenvalue weighted by Gasteiger charge is -2.24. The van der Waals surface area contributed by atoms with Gasteiger partial charge in [-0.05, 0) is 50.3 Å². The molecule has 1 atom stereocenters. The van der Waals surface area contributed by atoms with Gasteiger partial charge in [-0.1, -0.05) is 32.9 Å². The van der Waals surface area contributed by atoms with E-state index in [2.05, 4.69) is 18.6 Å². The largest absolute Gasteiger partial charge is 0.241 e. The van der Waals surface area contributed by atoms with Gasteiger partial charge in [-0.15, -0.1) is 0 Å². The fourth-order valence-electron chi connectivity index (χ4n) is 1.71. The number of benzene rings is 1. The molecule has 0 aliphatic rings. The molecule has 19 heavy (non-hydrogen) atoms. The molecule has 0 aliphatic carbocycles. The van der Waals surface area contributed by atoms with E-state index in [-0.39, 0.29) is 0 Å². The predicted molar refractivity (Wildman–Crippen MR) is 79.8 cm³/mol. The average Bonchev–Trinajstić information content (AvgIpc) is 2.37. The van der Waals surface area contributed by atoms with Crippen LogP contribution >= 0.6 is 0 Å². The van der Waals surface area contributed by atoms with Crippen molar-refractivity contribution in [2.75, 3.05) is 0 Å². The summed E-state index contributed by atoms with van der Waals surface area (Å²) in [5, 5.41) is 0. The summed E-state index contributed by atoms with van der Waals surface area (Å²) in [4.78, 5) is 0.334. The van der Waals surface area contributed by atoms with Crippen LogP contribution in [0.15, 0.2) is 29.2 Å². The Hall–Kier alpha value is -0.870. The molecule has 1 unspecified atom stereocenters. The highest BCUT2D eigenvalue weighted by Crippen LogP contribution is 2.21. The molecule has 0 aromatic heterocycles. The van der Waals surface area contributed by atoms with E-state index in [9.17, 15) is 8.42 Å². The minimum atomic E-state index is -3.43. The first-order valence-electron chi connectivity index (χ1n) is 6.85. The third kappa shape index (κ3) is 4.32. The van der Waals surface area contributed by atoms with Crippen LogP contribution in [0, 0.1) is 0 Å². The van der Waals surface area contributed by atoms with E-state index >= 15 is 0 Å². The minimum Gasteiger partial charge on any atom is -0.207 e. The average molecular weight is 283 g/mol. The maximum absolute atomic E-state index is 12.2. The van der Waals surface area contributed by atoms with Crippen molar-refractivity contribution in [3.8, 4) is 0 Å². The molecular weight excluding hydrogens is 258 g/mol. The molecule has 0 amide bonds. The molecule has 0 saturated heterocycles. The van der Waals surface area contributed by atoms with E-state index in [1.807, 2.05) is 32.9 Å². The molecule has 0 heterocycles. The van der Waals surface area contributed by atoms with Crippen molar-refractivity contribution in [2.24, 2.45) is 0 Å². The first-order valence-corrected chi connectivity index (χ1v) is 8.34. The number of rotatable bonds is 6. The van der Waals surface area contributed by atoms with Gasteiger partial charge in [0.2, 0.25) is 10.0 Å². The lowest BCUT2D eigenvalue weighted by Crippen LogP contribution is -2.42. The van der Waals surface area contributed by atoms with Gasteiger partial charge < -0.3 is 0 Å². The van der Waals surface area contributed by atoms with Gasteiger partial charge in [-0.25, -0.2) is 13.1 Å². The van der Waals surface area contributed by atoms with Crippen molar-refractivity contribution in [1.82, 2.24) is 4.72 Å². The van der Waals surface area contributed by atoms with Crippen LogP contribution < -0.4 is 4.72 Å². The van der Waals surface area contributed by atoms with Crippen molar-refractivity contribution in [1.29, 1.82) is 0 Å². The molecule has 0 fully saturated rings. The van der Waals surface area contributed by atoms with Crippen LogP contribution in [0.25, 0.3) is 0 Å². The van der Waals surface area contributed by atoms with Crippen LogP contribution in [0.2, 0.25) is 0 Å². The molecule has 0 aliphatic heterocycles. The molecule has 0 bridgehead atoms. The van der Waals surface area contributed by atoms with E-state index in [1.165, 1.54) is 5.56 Å². The summed E-state index contributed by atoms with van der Waals surface area (Å²) in [5.41, 5.74) is 0.755. The van der Waals surface area contributed by atoms with Crippen molar-refractivity contribution < 1.29 is 8.42 Å². The molecular formula is C15H25NO2S. The normalized spacial score (nSPS) is 14.4. The Morgan fingerprint density at radius 1 is 1.16 bits per heavy atom. The smallest absolute Gasteiger partial charge is 0.207 e. The van der Waals surface area contributed by atoms with Crippen molar-refractivity contribution in [2.45, 2.75) is 63.8 Å². The number of hydrogen-bond acceptors (Lipinski definition) is 2. The van der Waals surface area contributed by atoms with E-state index in [1.54, 1.807) is 12.1 Å². The summed E-state index contributed by atoms with van der Waals surface area (Å²) in [7, 11) is -3.43. The second kappa shape index (κ2) is 6.06. The Kier molecular flexibility index (Phi) is 5.16. The fraction of sp³-hybridized carbons (Fsp3) is 0.600. The molecule has 108 valence electrons. The van der Waals surface area contributed by atoms with E-state index < -0.39 is 15.6 Å². The van der Waals surface area contributed by atoms with Gasteiger partial charge in [0.05, 0.1) is 4.90 Å². The zero-order chi connectivity index (χ0) is 14.7. The second-order valence-electron chi connectivity index (χ2n) is 5.72. The minimum absolute atomic E-state index is 0.334. The van der Waals surface area contributed by atoms with Crippen LogP contribution in [0.1, 0.15) is 58.9 Å². The summed E-state index contributed by atoms with van der Waals surface area (Å²) in [6.45, 7) is 10.0. The summed E-state index contributed by atoms with van der Waals surface area (Å²) >= 11 is 0. The number of hydrogen-bond donors (Lipinski definition) is 1. The molecule has 3 nitrogen and oxygen atoms in total. The second-order valence-corrected chi connectivity index (χ2v) is 7.40. The predicted octanol–water partition coefficient (Wildman–Crippen LogP) is 3.67. The lowest BCUT2D eigenvalue weighted by molar-refractivity contribution is 0.439. The Balaban J connectivity index is 2.97. The van der Waals surface area contributed by atoms with Gasteiger partial charge in [-0.3, -0.25) is 0 Å². The quantitative estimate of drug-likeness (QED) is 0.866. The summed E-state index contributed by atoms with van der Waals surface area (Å²) in [6, 6.07) is 7.19. The molecule has 1 aromatic rings. The van der Waals surface area contributed by atoms with E-state index in [0.29, 0.717) is 10.8 Å². The maximum Gasteiger partial charge on any atom is 0.241 e. The van der Waals surface area contributed by atoms with Crippen LogP contribution in [-0.4, -0.2) is 14.0 Å². The summed E-state index contributed by atoms with van der Waals surface area (Å²) in [5.74, 6) is 0.455. The van der Waals surface area contributed by atoms with Crippen molar-refractivity contribution in [3.05, 3.63) is 29.8 Å². The van der Waals surface area contributed by atoms with Gasteiger partial charge in [0.1, 0.15) is 0 Å². The maximum atomic E-state index is 12.2. The lowest BCUT2D eigenvalue weighted by atomic mass is 9.99. The zero-order valence-electron chi connectivity index (χ0n) is 12.5. The van der Waals surface area contributed by atoms with Gasteiger partial charge in [-0.2, -0.15) is 0 Å². The molecule has 1 N–H and O–H groups in total. The molecule has 0 saturated carbocycles. The fourth-order valence-corrected chi connectivity index (χ4v) is 3.19. The Morgan fingerprint density at radius 2 is 1.68 bits per heavy atom. The van der Waals surface area contributed by atoms with Gasteiger partial charge >= 0.3 is 0 Å². The summed E-state index contributed by atoms with van der Waals surface area (Å²) < 4.78 is 27.2. The Morgan fingerprint density at radius 3 is 2.11 bits per heavy atom. The van der Waals surface area contributed by atoms with E-state index in [4.69, 9.17) is 0 Å². The number of nitrogens with one attached hydrogen (secondary N) is 1. The highest BCUT2D eigenvalue weighted by molar-refractivity contribution is 7.89. The third-order valence-electron chi connectivity index (χ3n) is 3.67. The van der Waals surface area contributed by atoms with Gasteiger partial charge in [0, 0.05) is 5.54 Å². The number of sulfonamides is 1. The van der Waals surface area contributed by atoms with Gasteiger partial charge in [0.25, 0.3) is 0 Å². The zero-order valence-corrected chi connectivity index (χ0v) is 13.3. The standard InChI is InChI=1S/C15H25NO2S/c1-6-12(3)13-8-10-14(11-9-13)19(17,18)16-15(4,5)7-2/h8-12,16H,6-7H2,1-5H3. The van der Waals surface area contributed by atoms with Crippen LogP contribution in [0.3, 0.4) is 0 Å². The molecule has 0 radical (unpaired) electrons. The van der Waals surface area contributed by atoms with Crippen LogP contribution in [0.4, 0.5) is 0 Å². The monoisotopic (exact) mass is 283 g/mol. The summed E-state index contributed by atoms with van der Waals surface area (Å²) in [6.07, 6.45) is 1.80. The van der Waals surface area contributed by atoms with Crippen molar-refractivity contribution >= 4 is 10.0 Å². The Labute approximate surface area is 117 Å². The molecule has 1 rings (SSSR count). The topological polar surface area (TPSA) is 46.2 Å². The highest BCUT2D eigenvalue weighted by atomic mass is 32.2. The molecule has 4 heteroatoms. The first kappa shape index (κ1) is 16.2. The van der Waals surface area contributed by atoms with Gasteiger partial charge in [0.15, 0.2) is 0 Å². The van der Waals surface area contributed by atoms with Crippen LogP contribution in [0.5, 0.6) is 0 Å². The SMILES string of the molecule is CCC(C)c1ccc(S(=O)(=O)NC(C)(C)CC)cc1. The molecule has 1 aromatic carbocycles. The highest BCUT2D eigenvalue weighted by Gasteiger charge is 2.24. The third-order valence-corrected chi connectivity index (χ3v) is 5.38. The first-order chi connectivity index (χ1) is 8.72. The van der Waals surface area contributed by atoms with Crippen LogP contribution in [-0.2, 0) is 10.0 Å². The Bertz CT molecular complexity index is 503. The van der Waals surface area contributed by atoms with Crippen molar-refractivity contribution in [3.63, 3.8) is 0 Å².